The molecule has 0 spiro atoms. The zero-order chi connectivity index (χ0) is 65.6. The number of rotatable bonds is 79. The van der Waals surface area contributed by atoms with Crippen LogP contribution in [0.2, 0.25) is 0 Å². The maximum atomic E-state index is 12.6. The summed E-state index contributed by atoms with van der Waals surface area (Å²) in [7, 11) is 0. The maximum absolute atomic E-state index is 12.6. The van der Waals surface area contributed by atoms with Crippen LogP contribution in [0, 0.1) is 0 Å². The van der Waals surface area contributed by atoms with Gasteiger partial charge in [0.15, 0.2) is 0 Å². The standard InChI is InChI=1S/C85H163NO5/c1-3-5-7-9-11-13-15-17-19-20-21-22-38-41-44-47-50-53-57-61-65-69-73-77-83(88)82(81-87)86-84(89)78-74-70-66-62-58-54-51-48-45-42-39-36-34-32-30-28-26-24-23-25-27-29-31-33-35-37-40-43-46-49-52-56-60-64-68-72-76-80-91-85(90)79-75-71-67-63-59-55-18-16-14-12-10-8-6-4-2/h10,12,16,18,23,25,82-83,87-88H,3-9,11,13-15,17,19-22,24,26-81H2,1-2H3,(H,86,89)/b12-10-,18-16-,25-23-. The van der Waals surface area contributed by atoms with Crippen LogP contribution in [-0.4, -0.2) is 47.4 Å². The molecule has 6 nitrogen and oxygen atoms in total. The molecule has 0 radical (unpaired) electrons. The molecule has 0 saturated heterocycles. The molecule has 6 heteroatoms. The Morgan fingerprint density at radius 1 is 0.308 bits per heavy atom. The fourth-order valence-corrected chi connectivity index (χ4v) is 13.3. The number of ether oxygens (including phenoxy) is 1. The Balaban J connectivity index is 3.34. The number of aliphatic hydroxyl groups excluding tert-OH is 2. The molecule has 2 unspecified atom stereocenters. The number of unbranched alkanes of at least 4 members (excludes halogenated alkanes) is 62. The van der Waals surface area contributed by atoms with Crippen LogP contribution in [0.25, 0.3) is 0 Å². The molecule has 1 amide bonds. The van der Waals surface area contributed by atoms with Gasteiger partial charge in [-0.1, -0.05) is 416 Å². The third kappa shape index (κ3) is 77.0. The van der Waals surface area contributed by atoms with E-state index in [1.54, 1.807) is 0 Å². The second-order valence-electron chi connectivity index (χ2n) is 28.8. The summed E-state index contributed by atoms with van der Waals surface area (Å²) in [6.45, 7) is 4.96. The van der Waals surface area contributed by atoms with Gasteiger partial charge in [0.2, 0.25) is 5.91 Å². The Bertz CT molecular complexity index is 1470. The largest absolute Gasteiger partial charge is 0.466 e. The van der Waals surface area contributed by atoms with Gasteiger partial charge in [-0.05, 0) is 77.0 Å². The van der Waals surface area contributed by atoms with Gasteiger partial charge >= 0.3 is 5.97 Å². The molecule has 0 fully saturated rings. The molecule has 0 aliphatic rings. The molecule has 3 N–H and O–H groups in total. The van der Waals surface area contributed by atoms with Crippen LogP contribution in [0.3, 0.4) is 0 Å². The van der Waals surface area contributed by atoms with Gasteiger partial charge in [-0.3, -0.25) is 9.59 Å². The molecule has 0 bridgehead atoms. The summed E-state index contributed by atoms with van der Waals surface area (Å²) in [4.78, 5) is 24.6. The average molecular weight is 1280 g/mol. The molecule has 0 heterocycles. The van der Waals surface area contributed by atoms with Crippen molar-refractivity contribution in [1.29, 1.82) is 0 Å². The van der Waals surface area contributed by atoms with Crippen molar-refractivity contribution in [2.24, 2.45) is 0 Å². The van der Waals surface area contributed by atoms with E-state index >= 15 is 0 Å². The summed E-state index contributed by atoms with van der Waals surface area (Å²) in [5.74, 6) is -0.0179. The van der Waals surface area contributed by atoms with Crippen LogP contribution in [0.1, 0.15) is 470 Å². The van der Waals surface area contributed by atoms with Gasteiger partial charge in [-0.25, -0.2) is 0 Å². The minimum Gasteiger partial charge on any atom is -0.466 e. The van der Waals surface area contributed by atoms with Gasteiger partial charge in [0.05, 0.1) is 25.4 Å². The molecular weight excluding hydrogens is 1110 g/mol. The van der Waals surface area contributed by atoms with E-state index in [0.717, 1.165) is 51.4 Å². The van der Waals surface area contributed by atoms with Gasteiger partial charge < -0.3 is 20.3 Å². The highest BCUT2D eigenvalue weighted by atomic mass is 16.5. The van der Waals surface area contributed by atoms with Crippen molar-refractivity contribution in [3.8, 4) is 0 Å². The zero-order valence-electron chi connectivity index (χ0n) is 61.9. The van der Waals surface area contributed by atoms with E-state index in [9.17, 15) is 19.8 Å². The van der Waals surface area contributed by atoms with Crippen molar-refractivity contribution in [2.45, 2.75) is 482 Å². The lowest BCUT2D eigenvalue weighted by atomic mass is 10.0. The third-order valence-corrected chi connectivity index (χ3v) is 19.7. The number of aliphatic hydroxyl groups is 2. The highest BCUT2D eigenvalue weighted by molar-refractivity contribution is 5.76. The van der Waals surface area contributed by atoms with Gasteiger partial charge in [0, 0.05) is 12.8 Å². The second kappa shape index (κ2) is 80.5. The lowest BCUT2D eigenvalue weighted by Gasteiger charge is -2.22. The van der Waals surface area contributed by atoms with E-state index in [2.05, 4.69) is 55.6 Å². The van der Waals surface area contributed by atoms with Gasteiger partial charge in [-0.15, -0.1) is 0 Å². The number of hydrogen-bond donors (Lipinski definition) is 3. The van der Waals surface area contributed by atoms with Crippen LogP contribution in [0.4, 0.5) is 0 Å². The molecule has 0 rings (SSSR count). The lowest BCUT2D eigenvalue weighted by Crippen LogP contribution is -2.45. The summed E-state index contributed by atoms with van der Waals surface area (Å²) in [6, 6.07) is -0.540. The summed E-state index contributed by atoms with van der Waals surface area (Å²) in [5, 5.41) is 23.5. The first-order chi connectivity index (χ1) is 45.0. The number of amides is 1. The molecule has 91 heavy (non-hydrogen) atoms. The summed E-state index contributed by atoms with van der Waals surface area (Å²) >= 11 is 0. The highest BCUT2D eigenvalue weighted by Gasteiger charge is 2.20. The predicted octanol–water partition coefficient (Wildman–Crippen LogP) is 27.8. The number of carbonyl (C=O) groups is 2. The Morgan fingerprint density at radius 3 is 0.879 bits per heavy atom. The van der Waals surface area contributed by atoms with E-state index in [1.807, 2.05) is 0 Å². The van der Waals surface area contributed by atoms with Crippen molar-refractivity contribution in [1.82, 2.24) is 5.32 Å². The molecule has 0 aromatic carbocycles. The van der Waals surface area contributed by atoms with Crippen LogP contribution in [-0.2, 0) is 14.3 Å². The SMILES string of the molecule is CCCC/C=C\C/C=C\CCCCCCCC(=O)OCCCCCCCCCCCCCCCCCC/C=C\CCCCCCCCCCCCCCCCCCCC(=O)NC(CO)C(O)CCCCCCCCCCCCCCCCCCCCCCCCC. The smallest absolute Gasteiger partial charge is 0.305 e. The summed E-state index contributed by atoms with van der Waals surface area (Å²) in [5.41, 5.74) is 0. The van der Waals surface area contributed by atoms with E-state index in [-0.39, 0.29) is 18.5 Å². The lowest BCUT2D eigenvalue weighted by molar-refractivity contribution is -0.143. The van der Waals surface area contributed by atoms with Gasteiger partial charge in [0.25, 0.3) is 0 Å². The van der Waals surface area contributed by atoms with E-state index in [4.69, 9.17) is 4.74 Å². The molecular formula is C85H163NO5. The minimum absolute atomic E-state index is 0.00746. The van der Waals surface area contributed by atoms with Crippen LogP contribution < -0.4 is 5.32 Å². The number of carbonyl (C=O) groups excluding carboxylic acids is 2. The monoisotopic (exact) mass is 1280 g/mol. The number of allylic oxidation sites excluding steroid dienone is 6. The van der Waals surface area contributed by atoms with Gasteiger partial charge in [0.1, 0.15) is 0 Å². The van der Waals surface area contributed by atoms with Crippen LogP contribution in [0.5, 0.6) is 0 Å². The Hall–Kier alpha value is -1.92. The fourth-order valence-electron chi connectivity index (χ4n) is 13.3. The molecule has 0 aromatic heterocycles. The number of esters is 1. The summed E-state index contributed by atoms with van der Waals surface area (Å²) < 4.78 is 5.49. The molecule has 2 atom stereocenters. The van der Waals surface area contributed by atoms with E-state index < -0.39 is 12.1 Å². The normalized spacial score (nSPS) is 12.6. The summed E-state index contributed by atoms with van der Waals surface area (Å²) in [6.07, 6.45) is 105. The average Bonchev–Trinajstić information content (AvgIpc) is 3.66. The Morgan fingerprint density at radius 2 is 0.560 bits per heavy atom. The molecule has 0 aromatic rings. The van der Waals surface area contributed by atoms with Crippen LogP contribution >= 0.6 is 0 Å². The number of hydrogen-bond acceptors (Lipinski definition) is 5. The first-order valence-electron chi connectivity index (χ1n) is 41.7. The minimum atomic E-state index is -0.663. The van der Waals surface area contributed by atoms with E-state index in [1.165, 1.54) is 385 Å². The van der Waals surface area contributed by atoms with E-state index in [0.29, 0.717) is 25.9 Å². The molecule has 538 valence electrons. The van der Waals surface area contributed by atoms with Crippen molar-refractivity contribution < 1.29 is 24.5 Å². The van der Waals surface area contributed by atoms with Crippen molar-refractivity contribution in [2.75, 3.05) is 13.2 Å². The van der Waals surface area contributed by atoms with Gasteiger partial charge in [-0.2, -0.15) is 0 Å². The first-order valence-corrected chi connectivity index (χ1v) is 41.7. The quantitative estimate of drug-likeness (QED) is 0.0320. The maximum Gasteiger partial charge on any atom is 0.305 e. The third-order valence-electron chi connectivity index (χ3n) is 19.7. The zero-order valence-corrected chi connectivity index (χ0v) is 61.9. The first kappa shape index (κ1) is 89.1. The molecule has 0 aliphatic carbocycles. The van der Waals surface area contributed by atoms with Crippen molar-refractivity contribution >= 4 is 11.9 Å². The van der Waals surface area contributed by atoms with Crippen LogP contribution in [0.15, 0.2) is 36.5 Å². The van der Waals surface area contributed by atoms with Crippen molar-refractivity contribution in [3.63, 3.8) is 0 Å². The fraction of sp³-hybridized carbons (Fsp3) is 0.906. The topological polar surface area (TPSA) is 95.9 Å². The second-order valence-corrected chi connectivity index (χ2v) is 28.8. The molecule has 0 aliphatic heterocycles. The number of nitrogens with one attached hydrogen (secondary N) is 1. The van der Waals surface area contributed by atoms with Crippen molar-refractivity contribution in [3.05, 3.63) is 36.5 Å². The predicted molar refractivity (Wildman–Crippen MR) is 403 cm³/mol. The highest BCUT2D eigenvalue weighted by Crippen LogP contribution is 2.20. The molecule has 0 saturated carbocycles. The Labute approximate surface area is 570 Å². The Kier molecular flexibility index (Phi) is 78.8.